The minimum atomic E-state index is 0.349. The third-order valence-electron chi connectivity index (χ3n) is 2.73. The molecule has 2 heterocycles. The number of pyridine rings is 1. The number of aromatic nitrogens is 1. The van der Waals surface area contributed by atoms with Gasteiger partial charge in [0, 0.05) is 18.9 Å². The van der Waals surface area contributed by atoms with Gasteiger partial charge < -0.3 is 10.1 Å². The first-order valence-corrected chi connectivity index (χ1v) is 5.85. The third-order valence-corrected chi connectivity index (χ3v) is 2.73. The van der Waals surface area contributed by atoms with Crippen molar-refractivity contribution in [1.82, 2.24) is 10.3 Å². The minimum absolute atomic E-state index is 0.349. The van der Waals surface area contributed by atoms with Crippen LogP contribution in [-0.4, -0.2) is 24.2 Å². The fourth-order valence-corrected chi connectivity index (χ4v) is 1.78. The van der Waals surface area contributed by atoms with Gasteiger partial charge in [0.1, 0.15) is 6.10 Å². The molecule has 0 aromatic carbocycles. The molecule has 0 aliphatic carbocycles. The molecule has 0 amide bonds. The van der Waals surface area contributed by atoms with Crippen LogP contribution in [0.4, 0.5) is 0 Å². The summed E-state index contributed by atoms with van der Waals surface area (Å²) in [4.78, 5) is 4.00. The van der Waals surface area contributed by atoms with Gasteiger partial charge in [0.05, 0.1) is 6.26 Å². The fourth-order valence-electron chi connectivity index (χ4n) is 1.78. The quantitative estimate of drug-likeness (QED) is 0.766. The highest BCUT2D eigenvalue weighted by Crippen LogP contribution is 2.08. The van der Waals surface area contributed by atoms with Crippen molar-refractivity contribution in [2.45, 2.75) is 25.4 Å². The molecule has 1 aliphatic rings. The first-order chi connectivity index (χ1) is 7.95. The maximum absolute atomic E-state index is 5.48. The van der Waals surface area contributed by atoms with E-state index in [2.05, 4.69) is 28.5 Å². The summed E-state index contributed by atoms with van der Waals surface area (Å²) in [6, 6.07) is 4.11. The first-order valence-electron chi connectivity index (χ1n) is 5.85. The highest BCUT2D eigenvalue weighted by molar-refractivity contribution is 5.09. The Morgan fingerprint density at radius 2 is 2.25 bits per heavy atom. The lowest BCUT2D eigenvalue weighted by Gasteiger charge is -2.19. The zero-order valence-corrected chi connectivity index (χ0v) is 9.43. The SMILES string of the molecule is C1=COC(CNCCc2ccncc2)CC1. The first kappa shape index (κ1) is 11.1. The van der Waals surface area contributed by atoms with Crippen LogP contribution in [0.1, 0.15) is 18.4 Å². The Bertz CT molecular complexity index is 324. The van der Waals surface area contributed by atoms with Crippen molar-refractivity contribution in [3.63, 3.8) is 0 Å². The van der Waals surface area contributed by atoms with Gasteiger partial charge in [0.15, 0.2) is 0 Å². The zero-order valence-electron chi connectivity index (χ0n) is 9.43. The topological polar surface area (TPSA) is 34.1 Å². The van der Waals surface area contributed by atoms with Gasteiger partial charge in [-0.25, -0.2) is 0 Å². The smallest absolute Gasteiger partial charge is 0.110 e. The monoisotopic (exact) mass is 218 g/mol. The highest BCUT2D eigenvalue weighted by atomic mass is 16.5. The normalized spacial score (nSPS) is 19.4. The molecule has 0 spiro atoms. The number of nitrogens with one attached hydrogen (secondary N) is 1. The predicted octanol–water partition coefficient (Wildman–Crippen LogP) is 1.91. The maximum Gasteiger partial charge on any atom is 0.110 e. The molecule has 16 heavy (non-hydrogen) atoms. The van der Waals surface area contributed by atoms with Crippen molar-refractivity contribution in [2.24, 2.45) is 0 Å². The van der Waals surface area contributed by atoms with Gasteiger partial charge in [0.25, 0.3) is 0 Å². The molecule has 3 nitrogen and oxygen atoms in total. The van der Waals surface area contributed by atoms with E-state index in [0.29, 0.717) is 6.10 Å². The molecule has 1 atom stereocenters. The number of nitrogens with zero attached hydrogens (tertiary/aromatic N) is 1. The summed E-state index contributed by atoms with van der Waals surface area (Å²) >= 11 is 0. The summed E-state index contributed by atoms with van der Waals surface area (Å²) in [7, 11) is 0. The van der Waals surface area contributed by atoms with Crippen LogP contribution in [0.2, 0.25) is 0 Å². The van der Waals surface area contributed by atoms with Crippen LogP contribution in [-0.2, 0) is 11.2 Å². The van der Waals surface area contributed by atoms with Gasteiger partial charge in [-0.05, 0) is 49.6 Å². The molecular weight excluding hydrogens is 200 g/mol. The lowest BCUT2D eigenvalue weighted by molar-refractivity contribution is 0.123. The molecule has 1 aliphatic heterocycles. The van der Waals surface area contributed by atoms with Gasteiger partial charge in [0.2, 0.25) is 0 Å². The standard InChI is InChI=1S/C13H18N2O/c1-2-10-16-13(3-1)11-15-9-6-12-4-7-14-8-5-12/h2,4-5,7-8,10,13,15H,1,3,6,9,11H2. The van der Waals surface area contributed by atoms with Gasteiger partial charge in [-0.3, -0.25) is 4.98 Å². The van der Waals surface area contributed by atoms with E-state index in [0.717, 1.165) is 32.4 Å². The average Bonchev–Trinajstić information content (AvgIpc) is 2.37. The van der Waals surface area contributed by atoms with Crippen LogP contribution in [0.15, 0.2) is 36.9 Å². The van der Waals surface area contributed by atoms with Gasteiger partial charge in [-0.2, -0.15) is 0 Å². The summed E-state index contributed by atoms with van der Waals surface area (Å²) < 4.78 is 5.48. The van der Waals surface area contributed by atoms with E-state index in [1.165, 1.54) is 5.56 Å². The number of hydrogen-bond donors (Lipinski definition) is 1. The fraction of sp³-hybridized carbons (Fsp3) is 0.462. The van der Waals surface area contributed by atoms with Crippen molar-refractivity contribution >= 4 is 0 Å². The molecular formula is C13H18N2O. The van der Waals surface area contributed by atoms with Gasteiger partial charge >= 0.3 is 0 Å². The number of allylic oxidation sites excluding steroid dienone is 1. The molecule has 1 aromatic rings. The largest absolute Gasteiger partial charge is 0.497 e. The second-order valence-corrected chi connectivity index (χ2v) is 4.02. The Labute approximate surface area is 96.5 Å². The van der Waals surface area contributed by atoms with Crippen LogP contribution in [0.3, 0.4) is 0 Å². The van der Waals surface area contributed by atoms with E-state index >= 15 is 0 Å². The second kappa shape index (κ2) is 6.28. The van der Waals surface area contributed by atoms with Gasteiger partial charge in [-0.1, -0.05) is 0 Å². The van der Waals surface area contributed by atoms with Crippen LogP contribution in [0.5, 0.6) is 0 Å². The highest BCUT2D eigenvalue weighted by Gasteiger charge is 2.09. The molecule has 1 aromatic heterocycles. The number of rotatable bonds is 5. The molecule has 0 saturated carbocycles. The Hall–Kier alpha value is -1.35. The van der Waals surface area contributed by atoms with Gasteiger partial charge in [-0.15, -0.1) is 0 Å². The van der Waals surface area contributed by atoms with E-state index in [-0.39, 0.29) is 0 Å². The zero-order chi connectivity index (χ0) is 11.1. The van der Waals surface area contributed by atoms with Crippen molar-refractivity contribution < 1.29 is 4.74 Å². The van der Waals surface area contributed by atoms with E-state index in [9.17, 15) is 0 Å². The average molecular weight is 218 g/mol. The van der Waals surface area contributed by atoms with Crippen molar-refractivity contribution in [3.05, 3.63) is 42.4 Å². The molecule has 0 fully saturated rings. The summed E-state index contributed by atoms with van der Waals surface area (Å²) in [5.74, 6) is 0. The second-order valence-electron chi connectivity index (χ2n) is 4.02. The van der Waals surface area contributed by atoms with E-state index < -0.39 is 0 Å². The predicted molar refractivity (Wildman–Crippen MR) is 64.1 cm³/mol. The van der Waals surface area contributed by atoms with Crippen molar-refractivity contribution in [1.29, 1.82) is 0 Å². The van der Waals surface area contributed by atoms with Crippen molar-refractivity contribution in [3.8, 4) is 0 Å². The minimum Gasteiger partial charge on any atom is -0.497 e. The third kappa shape index (κ3) is 3.66. The summed E-state index contributed by atoms with van der Waals surface area (Å²) in [6.07, 6.45) is 11.2. The molecule has 0 saturated heterocycles. The van der Waals surface area contributed by atoms with Crippen LogP contribution < -0.4 is 5.32 Å². The summed E-state index contributed by atoms with van der Waals surface area (Å²) in [6.45, 7) is 1.93. The van der Waals surface area contributed by atoms with Crippen LogP contribution in [0.25, 0.3) is 0 Å². The summed E-state index contributed by atoms with van der Waals surface area (Å²) in [5, 5.41) is 3.42. The Kier molecular flexibility index (Phi) is 4.37. The Balaban J connectivity index is 1.60. The Morgan fingerprint density at radius 3 is 3.00 bits per heavy atom. The molecule has 3 heteroatoms. The molecule has 0 bridgehead atoms. The lowest BCUT2D eigenvalue weighted by atomic mass is 10.1. The van der Waals surface area contributed by atoms with Crippen molar-refractivity contribution in [2.75, 3.05) is 13.1 Å². The molecule has 1 N–H and O–H groups in total. The Morgan fingerprint density at radius 1 is 1.38 bits per heavy atom. The lowest BCUT2D eigenvalue weighted by Crippen LogP contribution is -2.30. The van der Waals surface area contributed by atoms with E-state index in [4.69, 9.17) is 4.74 Å². The molecule has 1 unspecified atom stereocenters. The molecule has 0 radical (unpaired) electrons. The summed E-state index contributed by atoms with van der Waals surface area (Å²) in [5.41, 5.74) is 1.33. The van der Waals surface area contributed by atoms with Crippen LogP contribution in [0, 0.1) is 0 Å². The van der Waals surface area contributed by atoms with E-state index in [1.54, 1.807) is 0 Å². The van der Waals surface area contributed by atoms with E-state index in [1.807, 2.05) is 18.7 Å². The molecule has 86 valence electrons. The van der Waals surface area contributed by atoms with Crippen LogP contribution >= 0.6 is 0 Å². The molecule has 2 rings (SSSR count). The maximum atomic E-state index is 5.48. The number of hydrogen-bond acceptors (Lipinski definition) is 3. The number of ether oxygens (including phenoxy) is 1.